The normalized spacial score (nSPS) is 14.9. The highest BCUT2D eigenvalue weighted by Gasteiger charge is 2.25. The molecule has 1 aliphatic heterocycles. The fourth-order valence-electron chi connectivity index (χ4n) is 3.31. The number of carbonyl (C=O) groups is 1. The zero-order chi connectivity index (χ0) is 19.5. The number of anilines is 1. The van der Waals surface area contributed by atoms with E-state index in [4.69, 9.17) is 0 Å². The van der Waals surface area contributed by atoms with Gasteiger partial charge in [0.15, 0.2) is 5.82 Å². The lowest BCUT2D eigenvalue weighted by molar-refractivity contribution is 0.0713. The van der Waals surface area contributed by atoms with E-state index in [0.29, 0.717) is 24.7 Å². The van der Waals surface area contributed by atoms with Gasteiger partial charge in [-0.25, -0.2) is 9.07 Å². The van der Waals surface area contributed by atoms with Crippen LogP contribution in [0.4, 0.5) is 10.2 Å². The van der Waals surface area contributed by atoms with E-state index >= 15 is 0 Å². The molecule has 0 radical (unpaired) electrons. The summed E-state index contributed by atoms with van der Waals surface area (Å²) in [4.78, 5) is 14.2. The van der Waals surface area contributed by atoms with Crippen LogP contribution in [0.25, 0.3) is 5.82 Å². The van der Waals surface area contributed by atoms with Crippen molar-refractivity contribution >= 4 is 11.7 Å². The number of benzene rings is 1. The highest BCUT2D eigenvalue weighted by Crippen LogP contribution is 2.18. The number of nitrogens with one attached hydrogen (secondary N) is 1. The number of aromatic nitrogens is 4. The lowest BCUT2D eigenvalue weighted by Gasteiger charge is -2.32. The Kier molecular flexibility index (Phi) is 5.01. The zero-order valence-corrected chi connectivity index (χ0v) is 15.5. The third-order valence-corrected chi connectivity index (χ3v) is 4.85. The van der Waals surface area contributed by atoms with E-state index in [9.17, 15) is 9.18 Å². The van der Waals surface area contributed by atoms with Crippen LogP contribution in [0.15, 0.2) is 48.7 Å². The molecule has 1 saturated heterocycles. The van der Waals surface area contributed by atoms with Gasteiger partial charge < -0.3 is 10.2 Å². The van der Waals surface area contributed by atoms with E-state index in [2.05, 4.69) is 20.6 Å². The molecule has 4 rings (SSSR count). The van der Waals surface area contributed by atoms with E-state index in [0.717, 1.165) is 18.5 Å². The number of likely N-dealkylation sites (tertiary alicyclic amines) is 1. The molecule has 1 amide bonds. The molecule has 0 saturated carbocycles. The Balaban J connectivity index is 1.33. The summed E-state index contributed by atoms with van der Waals surface area (Å²) in [5.74, 6) is 0.612. The molecule has 2 aromatic heterocycles. The van der Waals surface area contributed by atoms with Gasteiger partial charge in [-0.15, -0.1) is 10.2 Å². The van der Waals surface area contributed by atoms with E-state index in [1.165, 1.54) is 12.1 Å². The zero-order valence-electron chi connectivity index (χ0n) is 15.5. The summed E-state index contributed by atoms with van der Waals surface area (Å²) >= 11 is 0. The largest absolute Gasteiger partial charge is 0.366 e. The number of hydrogen-bond donors (Lipinski definition) is 1. The van der Waals surface area contributed by atoms with Crippen molar-refractivity contribution in [2.75, 3.05) is 18.4 Å². The number of aryl methyl sites for hydroxylation is 1. The molecule has 3 heterocycles. The topological polar surface area (TPSA) is 75.9 Å². The first-order chi connectivity index (χ1) is 13.6. The third kappa shape index (κ3) is 3.85. The minimum Gasteiger partial charge on any atom is -0.366 e. The molecule has 0 bridgehead atoms. The Labute approximate surface area is 162 Å². The third-order valence-electron chi connectivity index (χ3n) is 4.85. The summed E-state index contributed by atoms with van der Waals surface area (Å²) in [6.07, 6.45) is 3.37. The second-order valence-electron chi connectivity index (χ2n) is 6.87. The van der Waals surface area contributed by atoms with Crippen molar-refractivity contribution in [3.05, 3.63) is 65.7 Å². The molecular weight excluding hydrogens is 359 g/mol. The van der Waals surface area contributed by atoms with Crippen molar-refractivity contribution < 1.29 is 9.18 Å². The minimum atomic E-state index is -0.476. The van der Waals surface area contributed by atoms with E-state index in [1.54, 1.807) is 21.7 Å². The minimum absolute atomic E-state index is 0.129. The van der Waals surface area contributed by atoms with Gasteiger partial charge in [0.1, 0.15) is 11.6 Å². The summed E-state index contributed by atoms with van der Waals surface area (Å²) in [5, 5.41) is 16.1. The first-order valence-electron chi connectivity index (χ1n) is 9.27. The highest BCUT2D eigenvalue weighted by atomic mass is 19.1. The highest BCUT2D eigenvalue weighted by molar-refractivity contribution is 5.94. The van der Waals surface area contributed by atoms with Gasteiger partial charge in [-0.05, 0) is 50.1 Å². The Morgan fingerprint density at radius 1 is 1.11 bits per heavy atom. The Bertz CT molecular complexity index is 963. The smallest absolute Gasteiger partial charge is 0.256 e. The molecule has 7 nitrogen and oxygen atoms in total. The number of carbonyl (C=O) groups excluding carboxylic acids is 1. The maximum Gasteiger partial charge on any atom is 0.256 e. The Hall–Kier alpha value is -3.29. The first kappa shape index (κ1) is 18.1. The van der Waals surface area contributed by atoms with Crippen molar-refractivity contribution in [3.63, 3.8) is 0 Å². The quantitative estimate of drug-likeness (QED) is 0.753. The van der Waals surface area contributed by atoms with Crippen LogP contribution in [0, 0.1) is 12.7 Å². The molecule has 1 fully saturated rings. The molecule has 1 aromatic carbocycles. The molecule has 144 valence electrons. The molecule has 3 aromatic rings. The van der Waals surface area contributed by atoms with Crippen molar-refractivity contribution in [1.29, 1.82) is 0 Å². The SMILES string of the molecule is Cc1ccn(-c2ccc(NC3CCN(C(=O)c4ccccc4F)CC3)nn2)n1. The predicted molar refractivity (Wildman–Crippen MR) is 103 cm³/mol. The Morgan fingerprint density at radius 3 is 2.54 bits per heavy atom. The predicted octanol–water partition coefficient (Wildman–Crippen LogP) is 2.83. The van der Waals surface area contributed by atoms with Crippen LogP contribution >= 0.6 is 0 Å². The molecule has 0 atom stereocenters. The van der Waals surface area contributed by atoms with Crippen molar-refractivity contribution in [2.24, 2.45) is 0 Å². The van der Waals surface area contributed by atoms with Crippen LogP contribution in [0.3, 0.4) is 0 Å². The van der Waals surface area contributed by atoms with Crippen molar-refractivity contribution in [1.82, 2.24) is 24.9 Å². The van der Waals surface area contributed by atoms with Gasteiger partial charge in [0.25, 0.3) is 5.91 Å². The fourth-order valence-corrected chi connectivity index (χ4v) is 3.31. The second kappa shape index (κ2) is 7.75. The summed E-state index contributed by atoms with van der Waals surface area (Å²) in [6.45, 7) is 3.06. The van der Waals surface area contributed by atoms with Crippen molar-refractivity contribution in [3.8, 4) is 5.82 Å². The van der Waals surface area contributed by atoms with Crippen LogP contribution in [-0.2, 0) is 0 Å². The van der Waals surface area contributed by atoms with Gasteiger partial charge in [-0.1, -0.05) is 12.1 Å². The molecule has 1 N–H and O–H groups in total. The van der Waals surface area contributed by atoms with Gasteiger partial charge in [0.2, 0.25) is 0 Å². The van der Waals surface area contributed by atoms with E-state index in [-0.39, 0.29) is 17.5 Å². The van der Waals surface area contributed by atoms with Crippen molar-refractivity contribution in [2.45, 2.75) is 25.8 Å². The lowest BCUT2D eigenvalue weighted by atomic mass is 10.0. The maximum absolute atomic E-state index is 13.8. The van der Waals surface area contributed by atoms with Crippen LogP contribution in [-0.4, -0.2) is 49.9 Å². The summed E-state index contributed by atoms with van der Waals surface area (Å²) in [7, 11) is 0. The monoisotopic (exact) mass is 380 g/mol. The number of hydrogen-bond acceptors (Lipinski definition) is 5. The molecular formula is C20H21FN6O. The van der Waals surface area contributed by atoms with Gasteiger partial charge in [0.05, 0.1) is 11.3 Å². The standard InChI is InChI=1S/C20H21FN6O/c1-14-8-13-27(25-14)19-7-6-18(23-24-19)22-15-9-11-26(12-10-15)20(28)16-4-2-3-5-17(16)21/h2-8,13,15H,9-12H2,1H3,(H,22,23). The number of halogens is 1. The summed E-state index contributed by atoms with van der Waals surface area (Å²) < 4.78 is 15.5. The molecule has 1 aliphatic rings. The van der Waals surface area contributed by atoms with Crippen LogP contribution in [0.1, 0.15) is 28.9 Å². The van der Waals surface area contributed by atoms with E-state index in [1.807, 2.05) is 31.3 Å². The molecule has 8 heteroatoms. The number of nitrogens with zero attached hydrogens (tertiary/aromatic N) is 5. The second-order valence-corrected chi connectivity index (χ2v) is 6.87. The van der Waals surface area contributed by atoms with Crippen LogP contribution < -0.4 is 5.32 Å². The molecule has 28 heavy (non-hydrogen) atoms. The molecule has 0 spiro atoms. The number of amides is 1. The summed E-state index contributed by atoms with van der Waals surface area (Å²) in [5.41, 5.74) is 1.05. The van der Waals surface area contributed by atoms with Crippen LogP contribution in [0.5, 0.6) is 0 Å². The average molecular weight is 380 g/mol. The van der Waals surface area contributed by atoms with Gasteiger partial charge in [0, 0.05) is 25.3 Å². The maximum atomic E-state index is 13.8. The van der Waals surface area contributed by atoms with E-state index < -0.39 is 5.82 Å². The van der Waals surface area contributed by atoms with Crippen LogP contribution in [0.2, 0.25) is 0 Å². The summed E-state index contributed by atoms with van der Waals surface area (Å²) in [6, 6.07) is 11.9. The number of piperidine rings is 1. The fraction of sp³-hybridized carbons (Fsp3) is 0.300. The molecule has 0 aliphatic carbocycles. The number of rotatable bonds is 4. The van der Waals surface area contributed by atoms with Gasteiger partial charge >= 0.3 is 0 Å². The molecule has 0 unspecified atom stereocenters. The Morgan fingerprint density at radius 2 is 1.89 bits per heavy atom. The average Bonchev–Trinajstić information content (AvgIpc) is 3.15. The first-order valence-corrected chi connectivity index (χ1v) is 9.27. The van der Waals surface area contributed by atoms with Gasteiger partial charge in [-0.3, -0.25) is 4.79 Å². The van der Waals surface area contributed by atoms with Gasteiger partial charge in [-0.2, -0.15) is 5.10 Å². The lowest BCUT2D eigenvalue weighted by Crippen LogP contribution is -2.42.